The Morgan fingerprint density at radius 2 is 0.922 bits per heavy atom. The minimum absolute atomic E-state index is 0.308. The molecule has 6 aromatic rings. The van der Waals surface area contributed by atoms with E-state index in [0.717, 1.165) is 24.0 Å². The molecule has 0 heterocycles. The summed E-state index contributed by atoms with van der Waals surface area (Å²) in [6, 6.07) is 43.7. The average molecular weight is 671 g/mol. The zero-order chi connectivity index (χ0) is 35.2. The molecular weight excluding hydrogens is 629 g/mol. The van der Waals surface area contributed by atoms with Gasteiger partial charge in [-0.2, -0.15) is 0 Å². The number of allylic oxidation sites excluding steroid dienone is 2. The third kappa shape index (κ3) is 6.74. The fourth-order valence-corrected chi connectivity index (χ4v) is 7.99. The summed E-state index contributed by atoms with van der Waals surface area (Å²) in [6.45, 7) is 4.24. The van der Waals surface area contributed by atoms with Gasteiger partial charge in [-0.15, -0.1) is 0 Å². The molecule has 0 saturated heterocycles. The van der Waals surface area contributed by atoms with Crippen LogP contribution in [-0.2, 0) is 24.5 Å². The second-order valence-corrected chi connectivity index (χ2v) is 13.2. The minimum Gasteiger partial charge on any atom is -0.463 e. The van der Waals surface area contributed by atoms with Crippen LogP contribution in [0.15, 0.2) is 146 Å². The third-order valence-electron chi connectivity index (χ3n) is 10.1. The maximum atomic E-state index is 12.4. The number of rotatable bonds is 12. The van der Waals surface area contributed by atoms with Crippen molar-refractivity contribution < 1.29 is 19.1 Å². The van der Waals surface area contributed by atoms with Gasteiger partial charge in [0.05, 0.1) is 13.2 Å². The molecule has 0 spiro atoms. The first-order valence-electron chi connectivity index (χ1n) is 17.9. The summed E-state index contributed by atoms with van der Waals surface area (Å²) in [7, 11) is 0. The molecule has 4 heteroatoms. The number of carbonyl (C=O) groups excluding carboxylic acids is 2. The first-order chi connectivity index (χ1) is 25.0. The van der Waals surface area contributed by atoms with Gasteiger partial charge < -0.3 is 9.47 Å². The fraction of sp³-hybridized carbons (Fsp3) is 0.191. The van der Waals surface area contributed by atoms with Crippen LogP contribution in [0.3, 0.4) is 0 Å². The Morgan fingerprint density at radius 1 is 0.510 bits per heavy atom. The van der Waals surface area contributed by atoms with Gasteiger partial charge in [0, 0.05) is 17.6 Å². The molecule has 1 aliphatic rings. The van der Waals surface area contributed by atoms with Gasteiger partial charge in [-0.3, -0.25) is 0 Å². The molecule has 0 unspecified atom stereocenters. The molecule has 0 aromatic heterocycles. The number of esters is 2. The van der Waals surface area contributed by atoms with Crippen molar-refractivity contribution in [3.8, 4) is 33.4 Å². The molecule has 0 radical (unpaired) electrons. The zero-order valence-electron chi connectivity index (χ0n) is 29.2. The Morgan fingerprint density at radius 3 is 1.35 bits per heavy atom. The topological polar surface area (TPSA) is 52.6 Å². The fourth-order valence-electron chi connectivity index (χ4n) is 7.99. The summed E-state index contributed by atoms with van der Waals surface area (Å²) in [5.41, 5.74) is 9.24. The van der Waals surface area contributed by atoms with Crippen LogP contribution in [0, 0.1) is 0 Å². The molecular formula is C47H42O4. The Bertz CT molecular complexity index is 2130. The van der Waals surface area contributed by atoms with E-state index in [-0.39, 0.29) is 11.9 Å². The van der Waals surface area contributed by atoms with E-state index in [1.807, 2.05) is 13.8 Å². The van der Waals surface area contributed by atoms with Crippen LogP contribution >= 0.6 is 0 Å². The summed E-state index contributed by atoms with van der Waals surface area (Å²) >= 11 is 0. The number of carbonyl (C=O) groups is 2. The lowest BCUT2D eigenvalue weighted by Crippen LogP contribution is -2.28. The van der Waals surface area contributed by atoms with Crippen molar-refractivity contribution in [2.75, 3.05) is 13.2 Å². The summed E-state index contributed by atoms with van der Waals surface area (Å²) < 4.78 is 11.3. The maximum absolute atomic E-state index is 12.4. The van der Waals surface area contributed by atoms with Gasteiger partial charge in [0.2, 0.25) is 0 Å². The molecule has 0 N–H and O–H groups in total. The molecule has 51 heavy (non-hydrogen) atoms. The molecule has 254 valence electrons. The summed E-state index contributed by atoms with van der Waals surface area (Å²) in [6.07, 6.45) is 9.15. The third-order valence-corrected chi connectivity index (χ3v) is 10.1. The first kappa shape index (κ1) is 33.7. The van der Waals surface area contributed by atoms with E-state index < -0.39 is 5.41 Å². The van der Waals surface area contributed by atoms with Crippen molar-refractivity contribution in [3.63, 3.8) is 0 Å². The first-order valence-corrected chi connectivity index (χ1v) is 17.9. The lowest BCUT2D eigenvalue weighted by molar-refractivity contribution is -0.138. The summed E-state index contributed by atoms with van der Waals surface area (Å²) in [4.78, 5) is 24.7. The van der Waals surface area contributed by atoms with Gasteiger partial charge >= 0.3 is 11.9 Å². The van der Waals surface area contributed by atoms with Gasteiger partial charge in [-0.05, 0) is 118 Å². The quantitative estimate of drug-likeness (QED) is 0.0739. The molecule has 0 amide bonds. The normalized spacial score (nSPS) is 13.1. The second-order valence-electron chi connectivity index (χ2n) is 13.2. The van der Waals surface area contributed by atoms with Gasteiger partial charge in [-0.25, -0.2) is 9.59 Å². The van der Waals surface area contributed by atoms with Crippen molar-refractivity contribution in [1.82, 2.24) is 0 Å². The molecule has 0 atom stereocenters. The van der Waals surface area contributed by atoms with Crippen LogP contribution in [-0.4, -0.2) is 25.2 Å². The lowest BCUT2D eigenvalue weighted by atomic mass is 9.67. The van der Waals surface area contributed by atoms with Crippen molar-refractivity contribution in [3.05, 3.63) is 157 Å². The van der Waals surface area contributed by atoms with E-state index in [0.29, 0.717) is 26.1 Å². The molecule has 0 saturated carbocycles. The van der Waals surface area contributed by atoms with Crippen molar-refractivity contribution >= 4 is 33.5 Å². The van der Waals surface area contributed by atoms with Gasteiger partial charge in [0.1, 0.15) is 0 Å². The number of ether oxygens (including phenoxy) is 2. The largest absolute Gasteiger partial charge is 0.463 e. The molecule has 4 nitrogen and oxygen atoms in total. The smallest absolute Gasteiger partial charge is 0.330 e. The van der Waals surface area contributed by atoms with E-state index in [2.05, 4.69) is 121 Å². The Kier molecular flexibility index (Phi) is 9.94. The standard InChI is InChI=1S/C47H42O4/c1-3-13-43(48)50-29-11-27-47(28-12-30-51-44(49)14-4-2)45-39(37-25-23-33-15-5-7-17-35(33)31-37)19-9-21-41(45)42-22-10-20-40(46(42)47)38-26-24-34-16-6-8-18-36(34)32-38/h3-10,13-26,31-32H,11-12,27-30H2,1-2H3. The summed E-state index contributed by atoms with van der Waals surface area (Å²) in [5, 5.41) is 4.79. The van der Waals surface area contributed by atoms with Gasteiger partial charge in [0.25, 0.3) is 0 Å². The molecule has 0 aliphatic heterocycles. The Labute approximate surface area is 300 Å². The van der Waals surface area contributed by atoms with Crippen molar-refractivity contribution in [2.45, 2.75) is 44.9 Å². The van der Waals surface area contributed by atoms with Crippen LogP contribution in [0.2, 0.25) is 0 Å². The van der Waals surface area contributed by atoms with E-state index in [9.17, 15) is 9.59 Å². The SMILES string of the molecule is CC=CC(=O)OCCCC1(CCCOC(=O)C=CC)c2c(-c3ccc4ccccc4c3)cccc2-c2cccc(-c3ccc4ccccc4c3)c21. The van der Waals surface area contributed by atoms with Gasteiger partial charge in [-0.1, -0.05) is 121 Å². The van der Waals surface area contributed by atoms with Gasteiger partial charge in [0.15, 0.2) is 0 Å². The zero-order valence-corrected chi connectivity index (χ0v) is 29.2. The van der Waals surface area contributed by atoms with Crippen LogP contribution in [0.5, 0.6) is 0 Å². The highest BCUT2D eigenvalue weighted by Crippen LogP contribution is 2.59. The van der Waals surface area contributed by atoms with E-state index in [1.165, 1.54) is 67.1 Å². The average Bonchev–Trinajstić information content (AvgIpc) is 3.45. The maximum Gasteiger partial charge on any atom is 0.330 e. The predicted molar refractivity (Wildman–Crippen MR) is 209 cm³/mol. The Balaban J connectivity index is 1.42. The molecule has 1 aliphatic carbocycles. The molecule has 6 aromatic carbocycles. The highest BCUT2D eigenvalue weighted by atomic mass is 16.5. The Hall–Kier alpha value is -5.74. The number of fused-ring (bicyclic) bond motifs is 5. The number of hydrogen-bond acceptors (Lipinski definition) is 4. The lowest BCUT2D eigenvalue weighted by Gasteiger charge is -2.35. The highest BCUT2D eigenvalue weighted by molar-refractivity contribution is 5.96. The number of benzene rings is 6. The van der Waals surface area contributed by atoms with E-state index in [1.54, 1.807) is 12.2 Å². The minimum atomic E-state index is -0.463. The van der Waals surface area contributed by atoms with Crippen LogP contribution in [0.4, 0.5) is 0 Å². The van der Waals surface area contributed by atoms with Crippen molar-refractivity contribution in [2.24, 2.45) is 0 Å². The predicted octanol–water partition coefficient (Wildman–Crippen LogP) is 11.4. The molecule has 0 bridgehead atoms. The van der Waals surface area contributed by atoms with E-state index >= 15 is 0 Å². The van der Waals surface area contributed by atoms with Crippen molar-refractivity contribution in [1.29, 1.82) is 0 Å². The van der Waals surface area contributed by atoms with Crippen LogP contribution < -0.4 is 0 Å². The molecule has 0 fully saturated rings. The molecule has 7 rings (SSSR count). The van der Waals surface area contributed by atoms with Crippen LogP contribution in [0.1, 0.15) is 50.7 Å². The summed E-state index contributed by atoms with van der Waals surface area (Å²) in [5.74, 6) is -0.660. The monoisotopic (exact) mass is 670 g/mol. The van der Waals surface area contributed by atoms with Crippen LogP contribution in [0.25, 0.3) is 54.9 Å². The number of hydrogen-bond donors (Lipinski definition) is 0. The highest BCUT2D eigenvalue weighted by Gasteiger charge is 2.45. The van der Waals surface area contributed by atoms with E-state index in [4.69, 9.17) is 9.47 Å². The second kappa shape index (κ2) is 15.0.